The van der Waals surface area contributed by atoms with Gasteiger partial charge in [-0.15, -0.1) is 0 Å². The van der Waals surface area contributed by atoms with Gasteiger partial charge in [0.25, 0.3) is 0 Å². The molecule has 0 saturated carbocycles. The molecular formula is C13H16O3. The molecule has 1 aliphatic rings. The lowest BCUT2D eigenvalue weighted by Gasteiger charge is -2.05. The molecule has 2 atom stereocenters. The molecule has 1 fully saturated rings. The molecule has 1 aromatic carbocycles. The summed E-state index contributed by atoms with van der Waals surface area (Å²) in [7, 11) is 0. The highest BCUT2D eigenvalue weighted by molar-refractivity contribution is 5.83. The summed E-state index contributed by atoms with van der Waals surface area (Å²) in [6.07, 6.45) is -0.160. The second kappa shape index (κ2) is 3.91. The van der Waals surface area contributed by atoms with Gasteiger partial charge in [0.05, 0.1) is 6.61 Å². The molecule has 0 aromatic heterocycles. The summed E-state index contributed by atoms with van der Waals surface area (Å²) in [4.78, 5) is 11.6. The Morgan fingerprint density at radius 1 is 1.44 bits per heavy atom. The van der Waals surface area contributed by atoms with Crippen LogP contribution in [0.1, 0.15) is 31.1 Å². The van der Waals surface area contributed by atoms with Gasteiger partial charge >= 0.3 is 5.97 Å². The molecule has 16 heavy (non-hydrogen) atoms. The molecule has 1 aliphatic heterocycles. The first-order valence-corrected chi connectivity index (χ1v) is 5.49. The maximum absolute atomic E-state index is 11.6. The van der Waals surface area contributed by atoms with Gasteiger partial charge in [0.1, 0.15) is 6.10 Å². The molecule has 0 radical (unpaired) electrons. The monoisotopic (exact) mass is 220 g/mol. The summed E-state index contributed by atoms with van der Waals surface area (Å²) in [6.45, 7) is 5.99. The van der Waals surface area contributed by atoms with Crippen LogP contribution in [0.5, 0.6) is 0 Å². The summed E-state index contributed by atoms with van der Waals surface area (Å²) < 4.78 is 10.5. The second-order valence-corrected chi connectivity index (χ2v) is 4.24. The lowest BCUT2D eigenvalue weighted by Crippen LogP contribution is -2.24. The number of aryl methyl sites for hydroxylation is 1. The van der Waals surface area contributed by atoms with E-state index in [0.29, 0.717) is 6.61 Å². The third-order valence-corrected chi connectivity index (χ3v) is 2.87. The standard InChI is InChI=1S/C13H16O3/c1-4-15-12(14)13(3)11(16-13)10-7-5-9(2)6-8-10/h5-8,11H,4H2,1-3H3/t11-,13+/m0/s1. The van der Waals surface area contributed by atoms with Crippen LogP contribution in [0.25, 0.3) is 0 Å². The SMILES string of the molecule is CCOC(=O)[C@]1(C)O[C@H]1c1ccc(C)cc1. The Hall–Kier alpha value is -1.35. The van der Waals surface area contributed by atoms with Crippen LogP contribution in [0.4, 0.5) is 0 Å². The Balaban J connectivity index is 2.10. The topological polar surface area (TPSA) is 38.8 Å². The second-order valence-electron chi connectivity index (χ2n) is 4.24. The number of esters is 1. The van der Waals surface area contributed by atoms with Gasteiger partial charge in [-0.2, -0.15) is 0 Å². The predicted octanol–water partition coefficient (Wildman–Crippen LogP) is 2.39. The fourth-order valence-electron chi connectivity index (χ4n) is 1.77. The molecule has 0 bridgehead atoms. The molecule has 86 valence electrons. The van der Waals surface area contributed by atoms with Crippen molar-refractivity contribution in [1.29, 1.82) is 0 Å². The molecule has 2 rings (SSSR count). The molecule has 1 heterocycles. The first kappa shape index (κ1) is 11.1. The number of rotatable bonds is 3. The third kappa shape index (κ3) is 1.83. The number of carbonyl (C=O) groups excluding carboxylic acids is 1. The summed E-state index contributed by atoms with van der Waals surface area (Å²) in [5.41, 5.74) is 1.44. The zero-order valence-electron chi connectivity index (χ0n) is 9.82. The zero-order valence-corrected chi connectivity index (χ0v) is 9.82. The largest absolute Gasteiger partial charge is 0.464 e. The van der Waals surface area contributed by atoms with Crippen molar-refractivity contribution < 1.29 is 14.3 Å². The summed E-state index contributed by atoms with van der Waals surface area (Å²) >= 11 is 0. The Bertz CT molecular complexity index is 396. The van der Waals surface area contributed by atoms with E-state index in [1.54, 1.807) is 13.8 Å². The first-order chi connectivity index (χ1) is 7.58. The van der Waals surface area contributed by atoms with E-state index in [2.05, 4.69) is 0 Å². The van der Waals surface area contributed by atoms with E-state index < -0.39 is 5.60 Å². The Morgan fingerprint density at radius 3 is 2.62 bits per heavy atom. The quantitative estimate of drug-likeness (QED) is 0.580. The lowest BCUT2D eigenvalue weighted by molar-refractivity contribution is -0.148. The average molecular weight is 220 g/mol. The average Bonchev–Trinajstić information content (AvgIpc) is 2.94. The van der Waals surface area contributed by atoms with Crippen molar-refractivity contribution in [1.82, 2.24) is 0 Å². The maximum atomic E-state index is 11.6. The number of benzene rings is 1. The lowest BCUT2D eigenvalue weighted by atomic mass is 10.0. The van der Waals surface area contributed by atoms with Gasteiger partial charge < -0.3 is 9.47 Å². The van der Waals surface area contributed by atoms with Crippen LogP contribution in [-0.2, 0) is 14.3 Å². The van der Waals surface area contributed by atoms with E-state index >= 15 is 0 Å². The molecule has 0 aliphatic carbocycles. The van der Waals surface area contributed by atoms with E-state index in [4.69, 9.17) is 9.47 Å². The fraction of sp³-hybridized carbons (Fsp3) is 0.462. The van der Waals surface area contributed by atoms with Gasteiger partial charge in [-0.25, -0.2) is 4.79 Å². The van der Waals surface area contributed by atoms with E-state index in [1.807, 2.05) is 31.2 Å². The van der Waals surface area contributed by atoms with Gasteiger partial charge in [-0.05, 0) is 26.3 Å². The fourth-order valence-corrected chi connectivity index (χ4v) is 1.77. The van der Waals surface area contributed by atoms with Gasteiger partial charge in [0, 0.05) is 0 Å². The van der Waals surface area contributed by atoms with Crippen molar-refractivity contribution in [2.45, 2.75) is 32.5 Å². The van der Waals surface area contributed by atoms with Crippen molar-refractivity contribution in [3.05, 3.63) is 35.4 Å². The molecule has 3 heteroatoms. The van der Waals surface area contributed by atoms with Crippen molar-refractivity contribution in [2.24, 2.45) is 0 Å². The minimum Gasteiger partial charge on any atom is -0.464 e. The van der Waals surface area contributed by atoms with Gasteiger partial charge in [0.15, 0.2) is 5.60 Å². The smallest absolute Gasteiger partial charge is 0.341 e. The van der Waals surface area contributed by atoms with Crippen molar-refractivity contribution in [3.8, 4) is 0 Å². The number of ether oxygens (including phenoxy) is 2. The van der Waals surface area contributed by atoms with Crippen molar-refractivity contribution in [3.63, 3.8) is 0 Å². The van der Waals surface area contributed by atoms with E-state index in [-0.39, 0.29) is 12.1 Å². The maximum Gasteiger partial charge on any atom is 0.341 e. The van der Waals surface area contributed by atoms with Crippen LogP contribution >= 0.6 is 0 Å². The molecule has 0 spiro atoms. The Labute approximate surface area is 95.4 Å². The third-order valence-electron chi connectivity index (χ3n) is 2.87. The van der Waals surface area contributed by atoms with Gasteiger partial charge in [-0.1, -0.05) is 29.8 Å². The normalized spacial score (nSPS) is 27.6. The minimum absolute atomic E-state index is 0.160. The van der Waals surface area contributed by atoms with E-state index in [9.17, 15) is 4.79 Å². The van der Waals surface area contributed by atoms with Crippen LogP contribution in [0.3, 0.4) is 0 Å². The van der Waals surface area contributed by atoms with E-state index in [0.717, 1.165) is 5.56 Å². The van der Waals surface area contributed by atoms with E-state index in [1.165, 1.54) is 5.56 Å². The van der Waals surface area contributed by atoms with Crippen LogP contribution in [0.2, 0.25) is 0 Å². The number of carbonyl (C=O) groups is 1. The molecule has 0 N–H and O–H groups in total. The molecular weight excluding hydrogens is 204 g/mol. The zero-order chi connectivity index (χ0) is 11.8. The van der Waals surface area contributed by atoms with Crippen molar-refractivity contribution >= 4 is 5.97 Å². The predicted molar refractivity (Wildman–Crippen MR) is 60.0 cm³/mol. The number of hydrogen-bond donors (Lipinski definition) is 0. The minimum atomic E-state index is -0.786. The van der Waals surface area contributed by atoms with Gasteiger partial charge in [-0.3, -0.25) is 0 Å². The highest BCUT2D eigenvalue weighted by Crippen LogP contribution is 2.50. The van der Waals surface area contributed by atoms with Crippen LogP contribution in [-0.4, -0.2) is 18.2 Å². The summed E-state index contributed by atoms with van der Waals surface area (Å²) in [6, 6.07) is 8.01. The van der Waals surface area contributed by atoms with Crippen LogP contribution in [0, 0.1) is 6.92 Å². The number of hydrogen-bond acceptors (Lipinski definition) is 3. The molecule has 1 saturated heterocycles. The van der Waals surface area contributed by atoms with Crippen LogP contribution < -0.4 is 0 Å². The number of epoxide rings is 1. The molecule has 1 aromatic rings. The summed E-state index contributed by atoms with van der Waals surface area (Å²) in [5, 5.41) is 0. The molecule has 3 nitrogen and oxygen atoms in total. The Morgan fingerprint density at radius 2 is 2.06 bits per heavy atom. The van der Waals surface area contributed by atoms with Gasteiger partial charge in [0.2, 0.25) is 0 Å². The molecule has 0 amide bonds. The molecule has 0 unspecified atom stereocenters. The highest BCUT2D eigenvalue weighted by Gasteiger charge is 2.60. The Kier molecular flexibility index (Phi) is 2.72. The summed E-state index contributed by atoms with van der Waals surface area (Å²) in [5.74, 6) is -0.277. The van der Waals surface area contributed by atoms with Crippen molar-refractivity contribution in [2.75, 3.05) is 6.61 Å². The highest BCUT2D eigenvalue weighted by atomic mass is 16.7. The first-order valence-electron chi connectivity index (χ1n) is 5.49. The van der Waals surface area contributed by atoms with Crippen LogP contribution in [0.15, 0.2) is 24.3 Å².